The normalized spacial score (nSPS) is 8.63. The summed E-state index contributed by atoms with van der Waals surface area (Å²) in [5.41, 5.74) is 17.4. The molecule has 0 aliphatic rings. The summed E-state index contributed by atoms with van der Waals surface area (Å²) >= 11 is 4.56. The largest absolute Gasteiger partial charge is 0.388 e. The molecule has 27 heavy (non-hydrogen) atoms. The molecule has 0 atom stereocenters. The maximum atomic E-state index is 7.10. The zero-order valence-electron chi connectivity index (χ0n) is 13.8. The second-order valence-corrected chi connectivity index (χ2v) is 7.04. The molecule has 0 aliphatic carbocycles. The van der Waals surface area contributed by atoms with Gasteiger partial charge in [-0.1, -0.05) is 39.1 Å². The third kappa shape index (κ3) is 19.5. The first kappa shape index (κ1) is 33.5. The Morgan fingerprint density at radius 1 is 1.04 bits per heavy atom. The predicted molar refractivity (Wildman–Crippen MR) is 138 cm³/mol. The van der Waals surface area contributed by atoms with Gasteiger partial charge in [-0.25, -0.2) is 0 Å². The minimum Gasteiger partial charge on any atom is -0.388 e. The molecule has 152 valence electrons. The fraction of sp³-hybridized carbons (Fsp3) is 0.263. The van der Waals surface area contributed by atoms with Crippen molar-refractivity contribution < 1.29 is 0 Å². The van der Waals surface area contributed by atoms with Crippen LogP contribution in [0.4, 0.5) is 0 Å². The molecule has 0 unspecified atom stereocenters. The van der Waals surface area contributed by atoms with Crippen LogP contribution in [0.3, 0.4) is 0 Å². The Kier molecular flexibility index (Phi) is 26.3. The van der Waals surface area contributed by atoms with Gasteiger partial charge in [0.1, 0.15) is 0 Å². The molecule has 5 nitrogen and oxygen atoms in total. The second kappa shape index (κ2) is 21.2. The minimum absolute atomic E-state index is 0. The number of aliphatic imine (C=N–C) groups is 1. The van der Waals surface area contributed by atoms with E-state index in [0.29, 0.717) is 18.9 Å². The van der Waals surface area contributed by atoms with Crippen LogP contribution in [0, 0.1) is 18.6 Å². The van der Waals surface area contributed by atoms with Gasteiger partial charge in [-0.2, -0.15) is 5.26 Å². The molecular weight excluding hydrogens is 588 g/mol. The standard InChI is InChI=1S/C9H11IN2.C7H8IN.CH2N2.2CH4.ClH/c1-7(11)12-6-8-3-2-4-9(10)5-8;8-7-3-1-2-6(4-7)5-9;2-1-3;;;/h2-5H,6H2,1H3,(H2,11,12);1-4H,5,9H2;2H2;2*1H4;1H. The molecule has 0 bridgehead atoms. The highest BCUT2D eigenvalue weighted by Gasteiger charge is 1.91. The molecule has 2 aromatic rings. The van der Waals surface area contributed by atoms with Crippen LogP contribution < -0.4 is 17.2 Å². The summed E-state index contributed by atoms with van der Waals surface area (Å²) in [6.45, 7) is 3.12. The van der Waals surface area contributed by atoms with E-state index in [9.17, 15) is 0 Å². The quantitative estimate of drug-likeness (QED) is 0.147. The van der Waals surface area contributed by atoms with Crippen LogP contribution in [0.2, 0.25) is 0 Å². The molecule has 0 spiro atoms. The van der Waals surface area contributed by atoms with Gasteiger partial charge in [-0.15, -0.1) is 12.4 Å². The number of nitrogens with zero attached hydrogens (tertiary/aromatic N) is 2. The van der Waals surface area contributed by atoms with Crippen LogP contribution in [-0.2, 0) is 13.1 Å². The van der Waals surface area contributed by atoms with Crippen LogP contribution in [0.1, 0.15) is 32.9 Å². The molecule has 0 heterocycles. The van der Waals surface area contributed by atoms with E-state index in [1.165, 1.54) is 24.5 Å². The van der Waals surface area contributed by atoms with Crippen LogP contribution in [0.25, 0.3) is 0 Å². The summed E-state index contributed by atoms with van der Waals surface area (Å²) < 4.78 is 2.48. The van der Waals surface area contributed by atoms with Crippen molar-refractivity contribution >= 4 is 63.4 Å². The first-order valence-electron chi connectivity index (χ1n) is 6.98. The van der Waals surface area contributed by atoms with E-state index in [1.807, 2.05) is 18.2 Å². The molecule has 0 saturated heterocycles. The van der Waals surface area contributed by atoms with Crippen molar-refractivity contribution in [2.75, 3.05) is 0 Å². The molecule has 0 aromatic heterocycles. The Balaban J connectivity index is -0.000000159. The highest BCUT2D eigenvalue weighted by Crippen LogP contribution is 2.08. The molecule has 0 aliphatic heterocycles. The Morgan fingerprint density at radius 3 is 1.78 bits per heavy atom. The van der Waals surface area contributed by atoms with Gasteiger partial charge < -0.3 is 17.2 Å². The van der Waals surface area contributed by atoms with E-state index in [0.717, 1.165) is 0 Å². The predicted octanol–water partition coefficient (Wildman–Crippen LogP) is 5.04. The lowest BCUT2D eigenvalue weighted by Gasteiger charge is -1.97. The molecule has 2 rings (SSSR count). The molecular formula is C19H30ClI2N5. The average molecular weight is 618 g/mol. The van der Waals surface area contributed by atoms with Gasteiger partial charge in [0.15, 0.2) is 6.19 Å². The number of hydrogen-bond acceptors (Lipinski definition) is 4. The zero-order chi connectivity index (χ0) is 18.4. The number of nitrogens with two attached hydrogens (primary N) is 3. The van der Waals surface area contributed by atoms with E-state index in [4.69, 9.17) is 16.7 Å². The van der Waals surface area contributed by atoms with E-state index in [1.54, 1.807) is 6.92 Å². The van der Waals surface area contributed by atoms with Crippen LogP contribution in [0.5, 0.6) is 0 Å². The van der Waals surface area contributed by atoms with Crippen LogP contribution in [0.15, 0.2) is 53.5 Å². The number of benzene rings is 2. The molecule has 0 saturated carbocycles. The summed E-state index contributed by atoms with van der Waals surface area (Å²) in [5, 5.41) is 7.10. The van der Waals surface area contributed by atoms with Crippen molar-refractivity contribution in [3.63, 3.8) is 0 Å². The van der Waals surface area contributed by atoms with Crippen molar-refractivity contribution in [2.24, 2.45) is 22.2 Å². The van der Waals surface area contributed by atoms with E-state index < -0.39 is 0 Å². The third-order valence-electron chi connectivity index (χ3n) is 2.52. The maximum absolute atomic E-state index is 7.10. The maximum Gasteiger partial charge on any atom is 0.173 e. The summed E-state index contributed by atoms with van der Waals surface area (Å²) in [7, 11) is 0. The van der Waals surface area contributed by atoms with Gasteiger partial charge in [0, 0.05) is 13.7 Å². The smallest absolute Gasteiger partial charge is 0.173 e. The lowest BCUT2D eigenvalue weighted by molar-refractivity contribution is 1.06. The Labute approximate surface area is 197 Å². The highest BCUT2D eigenvalue weighted by atomic mass is 127. The van der Waals surface area contributed by atoms with Crippen LogP contribution >= 0.6 is 57.6 Å². The minimum atomic E-state index is 0. The van der Waals surface area contributed by atoms with Crippen molar-refractivity contribution in [3.05, 3.63) is 66.8 Å². The van der Waals surface area contributed by atoms with Gasteiger partial charge in [0.05, 0.1) is 12.4 Å². The summed E-state index contributed by atoms with van der Waals surface area (Å²) in [5.74, 6) is 0.633. The van der Waals surface area contributed by atoms with Gasteiger partial charge in [0.25, 0.3) is 0 Å². The van der Waals surface area contributed by atoms with Crippen molar-refractivity contribution in [1.82, 2.24) is 0 Å². The van der Waals surface area contributed by atoms with Gasteiger partial charge in [-0.05, 0) is 87.5 Å². The first-order valence-corrected chi connectivity index (χ1v) is 9.13. The van der Waals surface area contributed by atoms with E-state index >= 15 is 0 Å². The molecule has 8 heteroatoms. The van der Waals surface area contributed by atoms with Crippen LogP contribution in [-0.4, -0.2) is 5.84 Å². The fourth-order valence-corrected chi connectivity index (χ4v) is 2.73. The summed E-state index contributed by atoms with van der Waals surface area (Å²) in [6.07, 6.45) is 1.25. The topological polar surface area (TPSA) is 114 Å². The molecule has 0 fully saturated rings. The Bertz CT molecular complexity index is 684. The highest BCUT2D eigenvalue weighted by molar-refractivity contribution is 14.1. The van der Waals surface area contributed by atoms with E-state index in [2.05, 4.69) is 86.2 Å². The first-order chi connectivity index (χ1) is 11.4. The monoisotopic (exact) mass is 617 g/mol. The average Bonchev–Trinajstić information content (AvgIpc) is 2.54. The second-order valence-electron chi connectivity index (χ2n) is 4.55. The Morgan fingerprint density at radius 2 is 1.44 bits per heavy atom. The third-order valence-corrected chi connectivity index (χ3v) is 3.87. The molecule has 2 aromatic carbocycles. The number of hydrogen-bond donors (Lipinski definition) is 3. The fourth-order valence-electron chi connectivity index (χ4n) is 1.52. The molecule has 0 amide bonds. The number of nitriles is 1. The number of amidine groups is 1. The van der Waals surface area contributed by atoms with Crippen molar-refractivity contribution in [2.45, 2.75) is 34.9 Å². The molecule has 0 radical (unpaired) electrons. The van der Waals surface area contributed by atoms with E-state index in [-0.39, 0.29) is 27.3 Å². The van der Waals surface area contributed by atoms with Crippen molar-refractivity contribution in [1.29, 1.82) is 5.26 Å². The summed E-state index contributed by atoms with van der Waals surface area (Å²) in [6, 6.07) is 16.4. The zero-order valence-corrected chi connectivity index (χ0v) is 19.0. The van der Waals surface area contributed by atoms with Crippen molar-refractivity contribution in [3.8, 4) is 6.19 Å². The van der Waals surface area contributed by atoms with Gasteiger partial charge in [-0.3, -0.25) is 4.99 Å². The SMILES string of the molecule is C.C.CC(N)=NCc1cccc(I)c1.Cl.N#CN.NCc1cccc(I)c1. The number of halogens is 3. The lowest BCUT2D eigenvalue weighted by Crippen LogP contribution is -2.05. The Hall–Kier alpha value is -1.09. The van der Waals surface area contributed by atoms with Gasteiger partial charge in [0.2, 0.25) is 0 Å². The number of rotatable bonds is 3. The summed E-state index contributed by atoms with van der Waals surface area (Å²) in [4.78, 5) is 4.13. The molecule has 6 N–H and O–H groups in total. The van der Waals surface area contributed by atoms with Gasteiger partial charge >= 0.3 is 0 Å². The lowest BCUT2D eigenvalue weighted by atomic mass is 10.2.